The summed E-state index contributed by atoms with van der Waals surface area (Å²) in [6.07, 6.45) is 0.932. The number of benzene rings is 2. The Hall–Kier alpha value is -2.62. The second-order valence-electron chi connectivity index (χ2n) is 5.93. The minimum Gasteiger partial charge on any atom is -0.494 e. The van der Waals surface area contributed by atoms with Crippen LogP contribution in [-0.2, 0) is 19.6 Å². The highest BCUT2D eigenvalue weighted by atomic mass is 32.2. The van der Waals surface area contributed by atoms with E-state index in [4.69, 9.17) is 19.0 Å². The van der Waals surface area contributed by atoms with Gasteiger partial charge in [0.25, 0.3) is 10.0 Å². The third-order valence-electron chi connectivity index (χ3n) is 3.84. The zero-order valence-electron chi connectivity index (χ0n) is 16.7. The maximum atomic E-state index is 12.3. The van der Waals surface area contributed by atoms with Gasteiger partial charge in [-0.2, -0.15) is 0 Å². The highest BCUT2D eigenvalue weighted by Crippen LogP contribution is 2.18. The van der Waals surface area contributed by atoms with Crippen molar-refractivity contribution in [2.75, 3.05) is 34.0 Å². The van der Waals surface area contributed by atoms with Crippen molar-refractivity contribution in [2.45, 2.75) is 18.2 Å². The fraction of sp³-hybridized carbons (Fsp3) is 0.350. The molecule has 0 aliphatic heterocycles. The summed E-state index contributed by atoms with van der Waals surface area (Å²) < 4.78 is 41.4. The van der Waals surface area contributed by atoms with Crippen molar-refractivity contribution in [3.05, 3.63) is 54.1 Å². The lowest BCUT2D eigenvalue weighted by molar-refractivity contribution is -0.0258. The largest absolute Gasteiger partial charge is 0.494 e. The average molecular weight is 423 g/mol. The van der Waals surface area contributed by atoms with E-state index in [9.17, 15) is 13.2 Å². The summed E-state index contributed by atoms with van der Waals surface area (Å²) in [5.41, 5.74) is 0.119. The minimum atomic E-state index is -3.85. The van der Waals surface area contributed by atoms with Crippen LogP contribution in [0.3, 0.4) is 0 Å². The molecule has 29 heavy (non-hydrogen) atoms. The van der Waals surface area contributed by atoms with Crippen molar-refractivity contribution in [2.24, 2.45) is 0 Å². The molecule has 0 aromatic heterocycles. The molecule has 0 amide bonds. The van der Waals surface area contributed by atoms with Crippen LogP contribution in [0.4, 0.5) is 0 Å². The third-order valence-corrected chi connectivity index (χ3v) is 5.52. The zero-order valence-corrected chi connectivity index (χ0v) is 17.5. The Morgan fingerprint density at radius 2 is 1.59 bits per heavy atom. The van der Waals surface area contributed by atoms with Gasteiger partial charge in [-0.25, -0.2) is 13.2 Å². The van der Waals surface area contributed by atoms with E-state index in [-0.39, 0.29) is 23.7 Å². The van der Waals surface area contributed by atoms with Gasteiger partial charge in [0.15, 0.2) is 0 Å². The molecule has 0 saturated heterocycles. The molecule has 0 N–H and O–H groups in total. The van der Waals surface area contributed by atoms with Crippen molar-refractivity contribution < 1.29 is 32.3 Å². The quantitative estimate of drug-likeness (QED) is 0.312. The summed E-state index contributed by atoms with van der Waals surface area (Å²) in [5, 5.41) is 0. The van der Waals surface area contributed by atoms with Crippen LogP contribution < -0.4 is 9.47 Å². The first kappa shape index (κ1) is 22.7. The Morgan fingerprint density at radius 1 is 0.966 bits per heavy atom. The molecule has 158 valence electrons. The van der Waals surface area contributed by atoms with Gasteiger partial charge in [-0.15, -0.1) is 0 Å². The van der Waals surface area contributed by atoms with Gasteiger partial charge in [-0.3, -0.25) is 4.84 Å². The maximum Gasteiger partial charge on any atom is 0.338 e. The van der Waals surface area contributed by atoms with E-state index < -0.39 is 16.0 Å². The standard InChI is InChI=1S/C20H25NO7S/c1-4-12-26-17-8-10-18(11-9-17)27-13-14-28-20(22)16-6-5-7-19(15-16)29(23,24)21(2)25-3/h5-11,15H,4,12-14H2,1-3H3. The Labute approximate surface area is 170 Å². The molecule has 0 atom stereocenters. The summed E-state index contributed by atoms with van der Waals surface area (Å²) in [7, 11) is -1.35. The minimum absolute atomic E-state index is 0.0157. The van der Waals surface area contributed by atoms with Crippen LogP contribution in [0.15, 0.2) is 53.4 Å². The van der Waals surface area contributed by atoms with Gasteiger partial charge in [0.05, 0.1) is 24.2 Å². The van der Waals surface area contributed by atoms with Gasteiger partial charge in [-0.05, 0) is 48.9 Å². The lowest BCUT2D eigenvalue weighted by atomic mass is 10.2. The van der Waals surface area contributed by atoms with E-state index in [0.29, 0.717) is 16.8 Å². The summed E-state index contributed by atoms with van der Waals surface area (Å²) in [4.78, 5) is 16.8. The van der Waals surface area contributed by atoms with E-state index in [0.717, 1.165) is 12.2 Å². The number of hydroxylamine groups is 1. The SMILES string of the molecule is CCCOc1ccc(OCCOC(=O)c2cccc(S(=O)(=O)N(C)OC)c2)cc1. The van der Waals surface area contributed by atoms with Crippen molar-refractivity contribution in [3.63, 3.8) is 0 Å². The zero-order chi connectivity index (χ0) is 21.3. The Kier molecular flexibility index (Phi) is 8.44. The number of ether oxygens (including phenoxy) is 3. The maximum absolute atomic E-state index is 12.3. The Balaban J connectivity index is 1.86. The lowest BCUT2D eigenvalue weighted by Gasteiger charge is -2.14. The molecule has 8 nitrogen and oxygen atoms in total. The smallest absolute Gasteiger partial charge is 0.338 e. The van der Waals surface area contributed by atoms with Crippen LogP contribution in [-0.4, -0.2) is 52.8 Å². The number of carbonyl (C=O) groups excluding carboxylic acids is 1. The molecule has 0 aliphatic carbocycles. The van der Waals surface area contributed by atoms with E-state index in [1.165, 1.54) is 38.4 Å². The molecular weight excluding hydrogens is 398 g/mol. The molecule has 2 rings (SSSR count). The van der Waals surface area contributed by atoms with Crippen LogP contribution in [0.5, 0.6) is 11.5 Å². The van der Waals surface area contributed by atoms with Gasteiger partial charge in [0, 0.05) is 7.05 Å². The van der Waals surface area contributed by atoms with E-state index >= 15 is 0 Å². The van der Waals surface area contributed by atoms with Crippen LogP contribution in [0.25, 0.3) is 0 Å². The monoisotopic (exact) mass is 423 g/mol. The molecule has 0 aliphatic rings. The number of carbonyl (C=O) groups is 1. The van der Waals surface area contributed by atoms with Crippen LogP contribution in [0.2, 0.25) is 0 Å². The molecule has 0 radical (unpaired) electrons. The molecule has 2 aromatic rings. The summed E-state index contributed by atoms with van der Waals surface area (Å²) >= 11 is 0. The molecule has 0 heterocycles. The normalized spacial score (nSPS) is 11.3. The fourth-order valence-electron chi connectivity index (χ4n) is 2.26. The molecule has 9 heteroatoms. The predicted molar refractivity (Wildman–Crippen MR) is 106 cm³/mol. The highest BCUT2D eigenvalue weighted by molar-refractivity contribution is 7.89. The molecular formula is C20H25NO7S. The van der Waals surface area contributed by atoms with E-state index in [1.807, 2.05) is 6.92 Å². The van der Waals surface area contributed by atoms with Crippen LogP contribution >= 0.6 is 0 Å². The summed E-state index contributed by atoms with van der Waals surface area (Å²) in [5.74, 6) is 0.745. The molecule has 0 saturated carbocycles. The molecule has 2 aromatic carbocycles. The average Bonchev–Trinajstić information content (AvgIpc) is 2.75. The number of sulfonamides is 1. The van der Waals surface area contributed by atoms with Gasteiger partial charge in [0.1, 0.15) is 24.7 Å². The molecule has 0 unspecified atom stereocenters. The first-order valence-electron chi connectivity index (χ1n) is 9.04. The van der Waals surface area contributed by atoms with Gasteiger partial charge in [-0.1, -0.05) is 17.5 Å². The second kappa shape index (κ2) is 10.8. The molecule has 0 bridgehead atoms. The third kappa shape index (κ3) is 6.45. The lowest BCUT2D eigenvalue weighted by Crippen LogP contribution is -2.26. The Bertz CT molecular complexity index is 897. The highest BCUT2D eigenvalue weighted by Gasteiger charge is 2.22. The van der Waals surface area contributed by atoms with Crippen molar-refractivity contribution >= 4 is 16.0 Å². The number of hydrogen-bond donors (Lipinski definition) is 0. The number of esters is 1. The number of rotatable bonds is 11. The van der Waals surface area contributed by atoms with Crippen molar-refractivity contribution in [1.29, 1.82) is 0 Å². The first-order valence-corrected chi connectivity index (χ1v) is 10.5. The van der Waals surface area contributed by atoms with E-state index in [2.05, 4.69) is 0 Å². The van der Waals surface area contributed by atoms with Crippen LogP contribution in [0.1, 0.15) is 23.7 Å². The molecule has 0 fully saturated rings. The Morgan fingerprint density at radius 3 is 2.17 bits per heavy atom. The number of nitrogens with zero attached hydrogens (tertiary/aromatic N) is 1. The predicted octanol–water partition coefficient (Wildman–Crippen LogP) is 2.89. The number of hydrogen-bond acceptors (Lipinski definition) is 7. The summed E-state index contributed by atoms with van der Waals surface area (Å²) in [6, 6.07) is 12.7. The first-order chi connectivity index (χ1) is 13.9. The van der Waals surface area contributed by atoms with Gasteiger partial charge in [0.2, 0.25) is 0 Å². The van der Waals surface area contributed by atoms with E-state index in [1.54, 1.807) is 24.3 Å². The summed E-state index contributed by atoms with van der Waals surface area (Å²) in [6.45, 7) is 2.86. The van der Waals surface area contributed by atoms with Gasteiger partial charge < -0.3 is 14.2 Å². The molecule has 0 spiro atoms. The van der Waals surface area contributed by atoms with Crippen LogP contribution in [0, 0.1) is 0 Å². The second-order valence-corrected chi connectivity index (χ2v) is 7.87. The fourth-order valence-corrected chi connectivity index (χ4v) is 3.28. The van der Waals surface area contributed by atoms with Crippen molar-refractivity contribution in [1.82, 2.24) is 4.47 Å². The van der Waals surface area contributed by atoms with Crippen molar-refractivity contribution in [3.8, 4) is 11.5 Å². The van der Waals surface area contributed by atoms with Gasteiger partial charge >= 0.3 is 5.97 Å². The topological polar surface area (TPSA) is 91.4 Å².